The van der Waals surface area contributed by atoms with Crippen molar-refractivity contribution in [1.82, 2.24) is 9.99 Å². The first-order valence-electron chi connectivity index (χ1n) is 23.7. The maximum atomic E-state index is 12.2. The average molecular weight is 825 g/mol. The highest BCUT2D eigenvalue weighted by Crippen LogP contribution is 2.67. The number of amides is 1. The minimum absolute atomic E-state index is 0.245. The van der Waals surface area contributed by atoms with Crippen LogP contribution in [0, 0.1) is 40.4 Å². The van der Waals surface area contributed by atoms with Gasteiger partial charge in [0.1, 0.15) is 0 Å². The Morgan fingerprint density at radius 2 is 1.62 bits per heavy atom. The van der Waals surface area contributed by atoms with Gasteiger partial charge in [0.2, 0.25) is 5.91 Å². The number of allylic oxidation sites excluding steroid dienone is 2. The summed E-state index contributed by atoms with van der Waals surface area (Å²) >= 11 is 0. The fourth-order valence-corrected chi connectivity index (χ4v) is 14.1. The topological polar surface area (TPSA) is 41.6 Å². The van der Waals surface area contributed by atoms with Crippen LogP contribution in [0.1, 0.15) is 212 Å². The van der Waals surface area contributed by atoms with Crippen LogP contribution in [0.15, 0.2) is 11.6 Å². The molecule has 324 valence electrons. The number of unbranched alkanes of at least 4 members (excludes halogenated alkanes) is 5. The van der Waals surface area contributed by atoms with E-state index in [0.717, 1.165) is 60.0 Å². The first kappa shape index (κ1) is 51.4. The SMILES string of the molecule is CC.CCC(C)OPN(C(C)C)C(C)C.CCCCCCCNC(=O)CCSSC1CCC2(C)C(=CCC3C2CCC2(C)C(CCCCC(C)C)CCC32)C1. The minimum Gasteiger partial charge on any atom is -0.356 e. The van der Waals surface area contributed by atoms with Crippen LogP contribution < -0.4 is 5.32 Å². The lowest BCUT2D eigenvalue weighted by atomic mass is 9.47. The first-order chi connectivity index (χ1) is 26.3. The second kappa shape index (κ2) is 27.2. The van der Waals surface area contributed by atoms with Crippen LogP contribution in [0.5, 0.6) is 0 Å². The summed E-state index contributed by atoms with van der Waals surface area (Å²) in [5.74, 6) is 5.88. The van der Waals surface area contributed by atoms with Crippen molar-refractivity contribution in [3.8, 4) is 0 Å². The van der Waals surface area contributed by atoms with Gasteiger partial charge in [-0.05, 0) is 146 Å². The third-order valence-corrected chi connectivity index (χ3v) is 18.8. The van der Waals surface area contributed by atoms with E-state index in [0.29, 0.717) is 44.4 Å². The standard InChI is InChI=1S/C36H63NOS2.C10H24NOP.C2H6/c1-6-7-8-9-12-24-37-34(38)21-25-39-40-30-19-22-36(5)29(26-30)15-17-31-32-18-16-28(14-11-10-13-27(2)3)35(32,4)23-20-33(31)36;1-7-10(6)12-13-11(8(2)3)9(4)5;1-2/h15,27-28,30-33H,6-14,16-26H2,1-5H3,(H,37,38);8-10,13H,7H2,1-6H3;1-2H3. The van der Waals surface area contributed by atoms with Gasteiger partial charge in [-0.2, -0.15) is 0 Å². The fraction of sp³-hybridized carbons (Fsp3) is 0.938. The summed E-state index contributed by atoms with van der Waals surface area (Å²) in [6, 6.07) is 1.14. The van der Waals surface area contributed by atoms with Crippen molar-refractivity contribution in [2.24, 2.45) is 40.4 Å². The molecule has 3 fully saturated rings. The lowest BCUT2D eigenvalue weighted by molar-refractivity contribution is -0.120. The molecular formula is C48H93N2O2PS2. The Hall–Kier alpha value is 0.260. The van der Waals surface area contributed by atoms with Gasteiger partial charge in [-0.3, -0.25) is 9.46 Å². The van der Waals surface area contributed by atoms with Crippen molar-refractivity contribution >= 4 is 36.5 Å². The predicted octanol–water partition coefficient (Wildman–Crippen LogP) is 15.5. The van der Waals surface area contributed by atoms with Crippen LogP contribution in [0.2, 0.25) is 0 Å². The van der Waals surface area contributed by atoms with Gasteiger partial charge < -0.3 is 9.84 Å². The van der Waals surface area contributed by atoms with Crippen LogP contribution >= 0.6 is 30.5 Å². The van der Waals surface area contributed by atoms with E-state index in [1.54, 1.807) is 0 Å². The largest absolute Gasteiger partial charge is 0.356 e. The summed E-state index contributed by atoms with van der Waals surface area (Å²) in [4.78, 5) is 12.2. The highest BCUT2D eigenvalue weighted by atomic mass is 33.1. The van der Waals surface area contributed by atoms with Gasteiger partial charge in [-0.25, -0.2) is 0 Å². The molecule has 1 amide bonds. The maximum Gasteiger partial charge on any atom is 0.220 e. The van der Waals surface area contributed by atoms with E-state index in [4.69, 9.17) is 4.52 Å². The third kappa shape index (κ3) is 16.3. The molecule has 0 heterocycles. The van der Waals surface area contributed by atoms with Crippen LogP contribution in [0.3, 0.4) is 0 Å². The summed E-state index contributed by atoms with van der Waals surface area (Å²) in [7, 11) is 4.54. The summed E-state index contributed by atoms with van der Waals surface area (Å²) in [5.41, 5.74) is 2.88. The Bertz CT molecular complexity index is 1060. The molecule has 0 aliphatic heterocycles. The van der Waals surface area contributed by atoms with E-state index in [9.17, 15) is 4.79 Å². The van der Waals surface area contributed by atoms with Crippen molar-refractivity contribution in [2.45, 2.75) is 235 Å². The molecule has 0 spiro atoms. The third-order valence-electron chi connectivity index (χ3n) is 14.1. The molecule has 4 nitrogen and oxygen atoms in total. The molecule has 0 saturated heterocycles. The van der Waals surface area contributed by atoms with Crippen LogP contribution in [0.4, 0.5) is 0 Å². The Balaban J connectivity index is 0.000000592. The second-order valence-electron chi connectivity index (χ2n) is 19.1. The van der Waals surface area contributed by atoms with E-state index in [1.165, 1.54) is 103 Å². The maximum absolute atomic E-state index is 12.2. The van der Waals surface area contributed by atoms with Crippen molar-refractivity contribution in [3.05, 3.63) is 11.6 Å². The van der Waals surface area contributed by atoms with Crippen LogP contribution in [-0.2, 0) is 9.32 Å². The predicted molar refractivity (Wildman–Crippen MR) is 251 cm³/mol. The monoisotopic (exact) mass is 825 g/mol. The first-order valence-corrected chi connectivity index (χ1v) is 26.9. The zero-order valence-corrected chi connectivity index (χ0v) is 41.3. The molecule has 0 aromatic heterocycles. The fourth-order valence-electron chi connectivity index (χ4n) is 10.6. The van der Waals surface area contributed by atoms with Gasteiger partial charge in [-0.1, -0.05) is 134 Å². The van der Waals surface area contributed by atoms with Gasteiger partial charge in [0.15, 0.2) is 0 Å². The Kier molecular flexibility index (Phi) is 25.4. The van der Waals surface area contributed by atoms with E-state index in [1.807, 2.05) is 30.2 Å². The van der Waals surface area contributed by atoms with Crippen LogP contribution in [0.25, 0.3) is 0 Å². The molecule has 3 saturated carbocycles. The van der Waals surface area contributed by atoms with Gasteiger partial charge in [0.25, 0.3) is 0 Å². The lowest BCUT2D eigenvalue weighted by Crippen LogP contribution is -2.50. The molecule has 9 atom stereocenters. The van der Waals surface area contributed by atoms with E-state index >= 15 is 0 Å². The molecule has 9 unspecified atom stereocenters. The van der Waals surface area contributed by atoms with E-state index < -0.39 is 0 Å². The molecule has 7 heteroatoms. The number of rotatable bonds is 22. The van der Waals surface area contributed by atoms with Crippen molar-refractivity contribution in [3.63, 3.8) is 0 Å². The van der Waals surface area contributed by atoms with Crippen molar-refractivity contribution < 1.29 is 9.32 Å². The normalized spacial score (nSPS) is 29.3. The molecule has 55 heavy (non-hydrogen) atoms. The number of nitrogens with one attached hydrogen (secondary N) is 1. The number of hydrogen-bond acceptors (Lipinski definition) is 5. The van der Waals surface area contributed by atoms with Crippen LogP contribution in [-0.4, -0.2) is 46.3 Å². The second-order valence-corrected chi connectivity index (χ2v) is 22.8. The van der Waals surface area contributed by atoms with Crippen molar-refractivity contribution in [2.75, 3.05) is 12.3 Å². The smallest absolute Gasteiger partial charge is 0.220 e. The Morgan fingerprint density at radius 3 is 2.27 bits per heavy atom. The molecule has 1 N–H and O–H groups in total. The van der Waals surface area contributed by atoms with E-state index in [2.05, 4.69) is 103 Å². The lowest BCUT2D eigenvalue weighted by Gasteiger charge is -2.58. The molecule has 0 radical (unpaired) electrons. The van der Waals surface area contributed by atoms with Gasteiger partial charge in [0, 0.05) is 36.1 Å². The zero-order chi connectivity index (χ0) is 41.0. The number of hydrogen-bond donors (Lipinski definition) is 1. The number of fused-ring (bicyclic) bond motifs is 5. The molecule has 4 aliphatic rings. The molecule has 0 bridgehead atoms. The number of carbonyl (C=O) groups is 1. The molecule has 0 aromatic carbocycles. The summed E-state index contributed by atoms with van der Waals surface area (Å²) in [6.45, 7) is 30.4. The molecule has 4 rings (SSSR count). The molecule has 0 aromatic rings. The molecule has 4 aliphatic carbocycles. The van der Waals surface area contributed by atoms with Gasteiger partial charge in [0.05, 0.1) is 15.1 Å². The highest BCUT2D eigenvalue weighted by molar-refractivity contribution is 8.76. The van der Waals surface area contributed by atoms with Crippen molar-refractivity contribution in [1.29, 1.82) is 0 Å². The number of carbonyl (C=O) groups excluding carboxylic acids is 1. The summed E-state index contributed by atoms with van der Waals surface area (Å²) < 4.78 is 8.11. The number of nitrogens with zero attached hydrogens (tertiary/aromatic N) is 1. The molecular weight excluding hydrogens is 732 g/mol. The van der Waals surface area contributed by atoms with Gasteiger partial charge in [-0.15, -0.1) is 0 Å². The zero-order valence-electron chi connectivity index (χ0n) is 38.7. The summed E-state index contributed by atoms with van der Waals surface area (Å²) in [6.07, 6.45) is 28.4. The van der Waals surface area contributed by atoms with E-state index in [-0.39, 0.29) is 5.91 Å². The Labute approximate surface area is 353 Å². The quantitative estimate of drug-likeness (QED) is 0.0510. The average Bonchev–Trinajstić information content (AvgIpc) is 3.50. The minimum atomic E-state index is 0.245. The Morgan fingerprint density at radius 1 is 0.909 bits per heavy atom. The highest BCUT2D eigenvalue weighted by Gasteiger charge is 2.58. The summed E-state index contributed by atoms with van der Waals surface area (Å²) in [5, 5.41) is 3.87. The van der Waals surface area contributed by atoms with Gasteiger partial charge >= 0.3 is 0 Å².